The Kier molecular flexibility index (Phi) is 2.90. The van der Waals surface area contributed by atoms with E-state index in [1.165, 1.54) is 0 Å². The molecule has 0 unspecified atom stereocenters. The number of rotatable bonds is 4. The van der Waals surface area contributed by atoms with Gasteiger partial charge in [-0.1, -0.05) is 0 Å². The van der Waals surface area contributed by atoms with E-state index in [9.17, 15) is 9.59 Å². The predicted molar refractivity (Wildman–Crippen MR) is 43.4 cm³/mol. The molecule has 0 aromatic rings. The van der Waals surface area contributed by atoms with Gasteiger partial charge in [0.2, 0.25) is 5.91 Å². The molecule has 1 aliphatic carbocycles. The zero-order valence-electron chi connectivity index (χ0n) is 6.80. The minimum Gasteiger partial charge on any atom is -0.370 e. The molecule has 0 atom stereocenters. The molecule has 1 aliphatic rings. The molecule has 0 saturated heterocycles. The third-order valence-corrected chi connectivity index (χ3v) is 1.57. The minimum atomic E-state index is -0.401. The Morgan fingerprint density at radius 3 is 2.58 bits per heavy atom. The molecule has 5 nitrogen and oxygen atoms in total. The first kappa shape index (κ1) is 8.83. The normalized spacial score (nSPS) is 15.3. The van der Waals surface area contributed by atoms with Gasteiger partial charge >= 0.3 is 6.03 Å². The molecule has 0 aromatic carbocycles. The zero-order chi connectivity index (χ0) is 8.97. The number of nitrogens with one attached hydrogen (secondary N) is 2. The van der Waals surface area contributed by atoms with Crippen LogP contribution in [0, 0.1) is 0 Å². The monoisotopic (exact) mass is 171 g/mol. The maximum atomic E-state index is 10.9. The van der Waals surface area contributed by atoms with Gasteiger partial charge in [-0.15, -0.1) is 0 Å². The second-order valence-electron chi connectivity index (χ2n) is 2.89. The van der Waals surface area contributed by atoms with Crippen LogP contribution in [0.15, 0.2) is 0 Å². The van der Waals surface area contributed by atoms with E-state index in [4.69, 9.17) is 5.73 Å². The predicted octanol–water partition coefficient (Wildman–Crippen LogP) is -0.677. The lowest BCUT2D eigenvalue weighted by Crippen LogP contribution is -2.38. The van der Waals surface area contributed by atoms with E-state index in [1.54, 1.807) is 0 Å². The van der Waals surface area contributed by atoms with Crippen LogP contribution in [0.25, 0.3) is 0 Å². The summed E-state index contributed by atoms with van der Waals surface area (Å²) in [6, 6.07) is 0.136. The van der Waals surface area contributed by atoms with Crippen molar-refractivity contribution in [3.63, 3.8) is 0 Å². The molecule has 1 saturated carbocycles. The fourth-order valence-electron chi connectivity index (χ4n) is 0.763. The van der Waals surface area contributed by atoms with Crippen LogP contribution in [0.3, 0.4) is 0 Å². The van der Waals surface area contributed by atoms with E-state index in [-0.39, 0.29) is 12.5 Å². The third kappa shape index (κ3) is 3.80. The second kappa shape index (κ2) is 3.94. The number of carbonyl (C=O) groups is 2. The SMILES string of the molecule is NC(=O)CCNC(=O)NC1CC1. The van der Waals surface area contributed by atoms with Crippen molar-refractivity contribution in [2.24, 2.45) is 5.73 Å². The quantitative estimate of drug-likeness (QED) is 0.523. The molecular weight excluding hydrogens is 158 g/mol. The average molecular weight is 171 g/mol. The van der Waals surface area contributed by atoms with Gasteiger partial charge in [-0.3, -0.25) is 4.79 Å². The van der Waals surface area contributed by atoms with Crippen molar-refractivity contribution in [3.05, 3.63) is 0 Å². The lowest BCUT2D eigenvalue weighted by molar-refractivity contribution is -0.117. The van der Waals surface area contributed by atoms with E-state index < -0.39 is 5.91 Å². The summed E-state index contributed by atoms with van der Waals surface area (Å²) in [5, 5.41) is 5.26. The van der Waals surface area contributed by atoms with E-state index in [0.717, 1.165) is 12.8 Å². The largest absolute Gasteiger partial charge is 0.370 e. The van der Waals surface area contributed by atoms with Crippen LogP contribution in [0.4, 0.5) is 4.79 Å². The van der Waals surface area contributed by atoms with Gasteiger partial charge in [0.1, 0.15) is 0 Å². The highest BCUT2D eigenvalue weighted by Crippen LogP contribution is 2.17. The van der Waals surface area contributed by atoms with Gasteiger partial charge < -0.3 is 16.4 Å². The Bertz CT molecular complexity index is 189. The highest BCUT2D eigenvalue weighted by Gasteiger charge is 2.22. The maximum absolute atomic E-state index is 10.9. The van der Waals surface area contributed by atoms with Crippen molar-refractivity contribution < 1.29 is 9.59 Å². The molecule has 12 heavy (non-hydrogen) atoms. The Morgan fingerprint density at radius 2 is 2.08 bits per heavy atom. The summed E-state index contributed by atoms with van der Waals surface area (Å²) in [6.45, 7) is 0.313. The summed E-state index contributed by atoms with van der Waals surface area (Å²) in [5.74, 6) is -0.401. The van der Waals surface area contributed by atoms with Crippen molar-refractivity contribution >= 4 is 11.9 Å². The van der Waals surface area contributed by atoms with Crippen LogP contribution in [-0.4, -0.2) is 24.5 Å². The van der Waals surface area contributed by atoms with E-state index in [1.807, 2.05) is 0 Å². The molecule has 0 bridgehead atoms. The summed E-state index contributed by atoms with van der Waals surface area (Å²) in [6.07, 6.45) is 2.31. The van der Waals surface area contributed by atoms with Crippen LogP contribution in [0.2, 0.25) is 0 Å². The molecule has 1 fully saturated rings. The number of urea groups is 1. The van der Waals surface area contributed by atoms with Crippen molar-refractivity contribution in [1.29, 1.82) is 0 Å². The third-order valence-electron chi connectivity index (χ3n) is 1.57. The van der Waals surface area contributed by atoms with E-state index >= 15 is 0 Å². The molecular formula is C7H13N3O2. The minimum absolute atomic E-state index is 0.193. The number of nitrogens with two attached hydrogens (primary N) is 1. The van der Waals surface area contributed by atoms with Gasteiger partial charge in [0.15, 0.2) is 0 Å². The van der Waals surface area contributed by atoms with Crippen molar-refractivity contribution in [2.75, 3.05) is 6.54 Å². The van der Waals surface area contributed by atoms with Gasteiger partial charge in [-0.05, 0) is 12.8 Å². The fourth-order valence-corrected chi connectivity index (χ4v) is 0.763. The van der Waals surface area contributed by atoms with Crippen LogP contribution >= 0.6 is 0 Å². The van der Waals surface area contributed by atoms with Crippen LogP contribution in [-0.2, 0) is 4.79 Å². The summed E-state index contributed by atoms with van der Waals surface area (Å²) >= 11 is 0. The highest BCUT2D eigenvalue weighted by molar-refractivity contribution is 5.77. The van der Waals surface area contributed by atoms with E-state index in [0.29, 0.717) is 12.6 Å². The number of carbonyl (C=O) groups excluding carboxylic acids is 2. The van der Waals surface area contributed by atoms with Gasteiger partial charge in [0, 0.05) is 19.0 Å². The molecule has 0 aliphatic heterocycles. The molecule has 0 radical (unpaired) electrons. The fraction of sp³-hybridized carbons (Fsp3) is 0.714. The maximum Gasteiger partial charge on any atom is 0.315 e. The second-order valence-corrected chi connectivity index (χ2v) is 2.89. The summed E-state index contributed by atoms with van der Waals surface area (Å²) < 4.78 is 0. The van der Waals surface area contributed by atoms with Crippen LogP contribution < -0.4 is 16.4 Å². The number of amides is 3. The molecule has 5 heteroatoms. The highest BCUT2D eigenvalue weighted by atomic mass is 16.2. The van der Waals surface area contributed by atoms with Gasteiger partial charge in [0.05, 0.1) is 0 Å². The molecule has 3 amide bonds. The summed E-state index contributed by atoms with van der Waals surface area (Å²) in [4.78, 5) is 21.2. The zero-order valence-corrected chi connectivity index (χ0v) is 6.80. The van der Waals surface area contributed by atoms with Crippen LogP contribution in [0.1, 0.15) is 19.3 Å². The first-order valence-electron chi connectivity index (χ1n) is 4.01. The molecule has 0 aromatic heterocycles. The standard InChI is InChI=1S/C7H13N3O2/c8-6(11)3-4-9-7(12)10-5-1-2-5/h5H,1-4H2,(H2,8,11)(H2,9,10,12). The van der Waals surface area contributed by atoms with Gasteiger partial charge in [-0.25, -0.2) is 4.79 Å². The molecule has 0 spiro atoms. The molecule has 0 heterocycles. The van der Waals surface area contributed by atoms with E-state index in [2.05, 4.69) is 10.6 Å². The molecule has 68 valence electrons. The Balaban J connectivity index is 1.97. The lowest BCUT2D eigenvalue weighted by Gasteiger charge is -2.04. The Labute approximate surface area is 70.7 Å². The first-order chi connectivity index (χ1) is 5.68. The topological polar surface area (TPSA) is 84.2 Å². The summed E-state index contributed by atoms with van der Waals surface area (Å²) in [5.41, 5.74) is 4.88. The average Bonchev–Trinajstić information content (AvgIpc) is 2.70. The number of hydrogen-bond acceptors (Lipinski definition) is 2. The summed E-state index contributed by atoms with van der Waals surface area (Å²) in [7, 11) is 0. The van der Waals surface area contributed by atoms with Crippen LogP contribution in [0.5, 0.6) is 0 Å². The first-order valence-corrected chi connectivity index (χ1v) is 4.01. The molecule has 4 N–H and O–H groups in total. The van der Waals surface area contributed by atoms with Crippen molar-refractivity contribution in [1.82, 2.24) is 10.6 Å². The number of primary amides is 1. The van der Waals surface area contributed by atoms with Crippen molar-refractivity contribution in [3.8, 4) is 0 Å². The van der Waals surface area contributed by atoms with Crippen molar-refractivity contribution in [2.45, 2.75) is 25.3 Å². The smallest absolute Gasteiger partial charge is 0.315 e. The Hall–Kier alpha value is -1.26. The Morgan fingerprint density at radius 1 is 1.42 bits per heavy atom. The molecule has 1 rings (SSSR count). The number of hydrogen-bond donors (Lipinski definition) is 3. The van der Waals surface area contributed by atoms with Gasteiger partial charge in [-0.2, -0.15) is 0 Å². The van der Waals surface area contributed by atoms with Gasteiger partial charge in [0.25, 0.3) is 0 Å². The lowest BCUT2D eigenvalue weighted by atomic mass is 10.4.